The van der Waals surface area contributed by atoms with Gasteiger partial charge in [0, 0.05) is 0 Å². The summed E-state index contributed by atoms with van der Waals surface area (Å²) in [4.78, 5) is 13.8. The molecule has 0 aliphatic rings. The molecule has 60 valence electrons. The maximum absolute atomic E-state index is 10.0. The van der Waals surface area contributed by atoms with Gasteiger partial charge in [-0.05, 0) is 20.8 Å². The minimum atomic E-state index is -0.412. The third-order valence-corrected chi connectivity index (χ3v) is 1.05. The second-order valence-corrected chi connectivity index (χ2v) is 2.91. The summed E-state index contributed by atoms with van der Waals surface area (Å²) in [7, 11) is 0. The summed E-state index contributed by atoms with van der Waals surface area (Å²) in [5.74, 6) is 0. The quantitative estimate of drug-likeness (QED) is 0.283. The summed E-state index contributed by atoms with van der Waals surface area (Å²) in [5, 5.41) is 11.7. The van der Waals surface area contributed by atoms with E-state index in [0.29, 0.717) is 0 Å². The predicted octanol–water partition coefficient (Wildman–Crippen LogP) is 1.22. The van der Waals surface area contributed by atoms with E-state index in [1.165, 1.54) is 0 Å². The van der Waals surface area contributed by atoms with Crippen molar-refractivity contribution in [1.82, 2.24) is 5.01 Å². The minimum absolute atomic E-state index is 0.201. The molecule has 0 bridgehead atoms. The molecule has 0 rings (SSSR count). The molecule has 0 amide bonds. The van der Waals surface area contributed by atoms with Crippen LogP contribution in [0.5, 0.6) is 0 Å². The van der Waals surface area contributed by atoms with Crippen molar-refractivity contribution in [3.63, 3.8) is 0 Å². The third-order valence-electron chi connectivity index (χ3n) is 1.05. The molecule has 0 radical (unpaired) electrons. The van der Waals surface area contributed by atoms with Gasteiger partial charge in [0.1, 0.15) is 0 Å². The molecule has 5 nitrogen and oxygen atoms in total. The van der Waals surface area contributed by atoms with Crippen molar-refractivity contribution in [3.05, 3.63) is 4.91 Å². The lowest BCUT2D eigenvalue weighted by Crippen LogP contribution is -2.38. The van der Waals surface area contributed by atoms with Gasteiger partial charge in [-0.2, -0.15) is 0 Å². The van der Waals surface area contributed by atoms with Crippen molar-refractivity contribution in [2.24, 2.45) is 5.29 Å². The Bertz CT molecular complexity index is 110. The topological polar surface area (TPSA) is 62.1 Å². The highest BCUT2D eigenvalue weighted by atomic mass is 17.1. The summed E-state index contributed by atoms with van der Waals surface area (Å²) >= 11 is 0. The molecule has 5 heteroatoms. The van der Waals surface area contributed by atoms with Gasteiger partial charge < -0.3 is 0 Å². The fourth-order valence-corrected chi connectivity index (χ4v) is 0.394. The Hall–Kier alpha value is -0.680. The molecule has 0 atom stereocenters. The fraction of sp³-hybridized carbons (Fsp3) is 1.00. The lowest BCUT2D eigenvalue weighted by molar-refractivity contribution is -0.277. The van der Waals surface area contributed by atoms with Gasteiger partial charge in [-0.25, -0.2) is 15.2 Å². The summed E-state index contributed by atoms with van der Waals surface area (Å²) in [5.41, 5.74) is -0.412. The first-order valence-corrected chi connectivity index (χ1v) is 2.89. The number of nitrogens with zero attached hydrogens (tertiary/aromatic N) is 2. The molecule has 1 N–H and O–H groups in total. The van der Waals surface area contributed by atoms with Crippen molar-refractivity contribution in [3.8, 4) is 0 Å². The van der Waals surface area contributed by atoms with Gasteiger partial charge in [-0.1, -0.05) is 0 Å². The molecule has 0 aromatic heterocycles. The average Bonchev–Trinajstić information content (AvgIpc) is 1.80. The SMILES string of the molecule is CC(C)(C)N(COO)N=O. The first kappa shape index (κ1) is 9.32. The smallest absolute Gasteiger partial charge is 0.173 e. The number of hydrogen-bond acceptors (Lipinski definition) is 4. The van der Waals surface area contributed by atoms with Crippen molar-refractivity contribution in [1.29, 1.82) is 0 Å². The summed E-state index contributed by atoms with van der Waals surface area (Å²) < 4.78 is 0. The molecule has 0 aliphatic heterocycles. The maximum atomic E-state index is 10.0. The van der Waals surface area contributed by atoms with Gasteiger partial charge in [0.15, 0.2) is 6.73 Å². The summed E-state index contributed by atoms with van der Waals surface area (Å²) in [6.45, 7) is 5.15. The van der Waals surface area contributed by atoms with E-state index >= 15 is 0 Å². The molecule has 0 aromatic carbocycles. The number of rotatable bonds is 3. The largest absolute Gasteiger partial charge is 0.250 e. The van der Waals surface area contributed by atoms with E-state index in [9.17, 15) is 4.91 Å². The van der Waals surface area contributed by atoms with E-state index < -0.39 is 5.54 Å². The van der Waals surface area contributed by atoms with E-state index in [-0.39, 0.29) is 6.73 Å². The van der Waals surface area contributed by atoms with Crippen LogP contribution in [0.2, 0.25) is 0 Å². The first-order valence-electron chi connectivity index (χ1n) is 2.89. The van der Waals surface area contributed by atoms with E-state index in [1.807, 2.05) is 0 Å². The molecule has 0 saturated heterocycles. The molecular weight excluding hydrogens is 136 g/mol. The Morgan fingerprint density at radius 1 is 1.60 bits per heavy atom. The van der Waals surface area contributed by atoms with Crippen molar-refractivity contribution >= 4 is 0 Å². The van der Waals surface area contributed by atoms with Gasteiger partial charge >= 0.3 is 0 Å². The highest BCUT2D eigenvalue weighted by molar-refractivity contribution is 4.69. The third kappa shape index (κ3) is 2.75. The number of hydrogen-bond donors (Lipinski definition) is 1. The zero-order valence-electron chi connectivity index (χ0n) is 6.37. The van der Waals surface area contributed by atoms with Crippen molar-refractivity contribution in [2.45, 2.75) is 26.3 Å². The van der Waals surface area contributed by atoms with Crippen molar-refractivity contribution < 1.29 is 10.1 Å². The lowest BCUT2D eigenvalue weighted by atomic mass is 10.1. The van der Waals surface area contributed by atoms with Gasteiger partial charge in [-0.3, -0.25) is 0 Å². The van der Waals surface area contributed by atoms with Crippen molar-refractivity contribution in [2.75, 3.05) is 6.73 Å². The van der Waals surface area contributed by atoms with E-state index in [1.54, 1.807) is 20.8 Å². The molecule has 0 spiro atoms. The molecule has 0 aromatic rings. The Morgan fingerprint density at radius 2 is 2.10 bits per heavy atom. The van der Waals surface area contributed by atoms with E-state index in [0.717, 1.165) is 5.01 Å². The van der Waals surface area contributed by atoms with Crippen LogP contribution in [-0.4, -0.2) is 22.5 Å². The lowest BCUT2D eigenvalue weighted by Gasteiger charge is -2.27. The Kier molecular flexibility index (Phi) is 3.24. The summed E-state index contributed by atoms with van der Waals surface area (Å²) in [6, 6.07) is 0. The zero-order valence-corrected chi connectivity index (χ0v) is 6.37. The van der Waals surface area contributed by atoms with E-state index in [2.05, 4.69) is 10.2 Å². The van der Waals surface area contributed by atoms with Crippen LogP contribution in [0.4, 0.5) is 0 Å². The van der Waals surface area contributed by atoms with Crippen LogP contribution in [0.25, 0.3) is 0 Å². The van der Waals surface area contributed by atoms with E-state index in [4.69, 9.17) is 5.26 Å². The number of nitroso groups, excluding NO2 is 1. The van der Waals surface area contributed by atoms with Crippen LogP contribution in [0.3, 0.4) is 0 Å². The molecular formula is C5H12N2O3. The van der Waals surface area contributed by atoms with Gasteiger partial charge in [0.2, 0.25) is 0 Å². The van der Waals surface area contributed by atoms with Gasteiger partial charge in [-0.15, -0.1) is 4.91 Å². The van der Waals surface area contributed by atoms with Crippen LogP contribution in [0, 0.1) is 4.91 Å². The standard InChI is InChI=1S/C5H12N2O3/c1-5(2,3)7(6-8)4-10-9/h9H,4H2,1-3H3. The molecule has 0 aliphatic carbocycles. The molecule has 0 saturated carbocycles. The highest BCUT2D eigenvalue weighted by Crippen LogP contribution is 2.12. The second-order valence-electron chi connectivity index (χ2n) is 2.91. The van der Waals surface area contributed by atoms with Crippen LogP contribution in [0.15, 0.2) is 5.29 Å². The Morgan fingerprint density at radius 3 is 2.20 bits per heavy atom. The first-order chi connectivity index (χ1) is 4.52. The van der Waals surface area contributed by atoms with Crippen LogP contribution in [0.1, 0.15) is 20.8 Å². The normalized spacial score (nSPS) is 11.2. The average molecular weight is 148 g/mol. The Balaban J connectivity index is 3.93. The monoisotopic (exact) mass is 148 g/mol. The highest BCUT2D eigenvalue weighted by Gasteiger charge is 2.20. The zero-order chi connectivity index (χ0) is 8.20. The Labute approximate surface area is 59.5 Å². The van der Waals surface area contributed by atoms with Crippen LogP contribution >= 0.6 is 0 Å². The maximum Gasteiger partial charge on any atom is 0.173 e. The fourth-order valence-electron chi connectivity index (χ4n) is 0.394. The molecule has 0 unspecified atom stereocenters. The van der Waals surface area contributed by atoms with Crippen LogP contribution < -0.4 is 0 Å². The molecule has 0 heterocycles. The molecule has 10 heavy (non-hydrogen) atoms. The predicted molar refractivity (Wildman–Crippen MR) is 36.0 cm³/mol. The van der Waals surface area contributed by atoms with Gasteiger partial charge in [0.25, 0.3) is 0 Å². The second kappa shape index (κ2) is 3.48. The molecule has 0 fully saturated rings. The summed E-state index contributed by atoms with van der Waals surface area (Å²) in [6.07, 6.45) is 0. The van der Waals surface area contributed by atoms with Gasteiger partial charge in [0.05, 0.1) is 10.8 Å². The minimum Gasteiger partial charge on any atom is -0.250 e. The van der Waals surface area contributed by atoms with Crippen LogP contribution in [-0.2, 0) is 4.89 Å².